The van der Waals surface area contributed by atoms with Gasteiger partial charge < -0.3 is 9.88 Å². The first-order chi connectivity index (χ1) is 9.66. The summed E-state index contributed by atoms with van der Waals surface area (Å²) in [5.41, 5.74) is 2.29. The highest BCUT2D eigenvalue weighted by atomic mass is 35.5. The molecule has 3 nitrogen and oxygen atoms in total. The van der Waals surface area contributed by atoms with E-state index < -0.39 is 0 Å². The van der Waals surface area contributed by atoms with Crippen LogP contribution in [0.1, 0.15) is 43.1 Å². The van der Waals surface area contributed by atoms with Crippen molar-refractivity contribution in [1.29, 1.82) is 0 Å². The second kappa shape index (κ2) is 5.76. The summed E-state index contributed by atoms with van der Waals surface area (Å²) in [4.78, 5) is 4.31. The molecule has 2 aromatic rings. The summed E-state index contributed by atoms with van der Waals surface area (Å²) in [5.74, 6) is 0. The zero-order chi connectivity index (χ0) is 14.1. The number of benzene rings is 1. The lowest BCUT2D eigenvalue weighted by Crippen LogP contribution is -2.19. The number of rotatable bonds is 3. The summed E-state index contributed by atoms with van der Waals surface area (Å²) < 4.78 is 2.19. The predicted molar refractivity (Wildman–Crippen MR) is 82.5 cm³/mol. The smallest absolute Gasteiger partial charge is 0.0954 e. The standard InChI is InChI=1S/C15H17Cl2N3/c1-10(12-5-4-11(16)7-13(12)17)20-9-18-8-15(20)14-3-2-6-19-14/h4-5,7-10,14,19H,2-3,6H2,1H3/t10?,14-/m0/s1. The van der Waals surface area contributed by atoms with Crippen LogP contribution in [-0.4, -0.2) is 16.1 Å². The highest BCUT2D eigenvalue weighted by Gasteiger charge is 2.22. The molecule has 1 aromatic carbocycles. The average Bonchev–Trinajstić information content (AvgIpc) is 3.09. The Hall–Kier alpha value is -1.03. The van der Waals surface area contributed by atoms with E-state index in [1.54, 1.807) is 6.07 Å². The lowest BCUT2D eigenvalue weighted by molar-refractivity contribution is 0.538. The van der Waals surface area contributed by atoms with E-state index in [-0.39, 0.29) is 6.04 Å². The predicted octanol–water partition coefficient (Wildman–Crippen LogP) is 4.22. The first-order valence-corrected chi connectivity index (χ1v) is 7.62. The van der Waals surface area contributed by atoms with Gasteiger partial charge in [-0.1, -0.05) is 29.3 Å². The SMILES string of the molecule is CC(c1ccc(Cl)cc1Cl)n1cncc1[C@@H]1CCCN1. The van der Waals surface area contributed by atoms with E-state index in [1.165, 1.54) is 12.1 Å². The fraction of sp³-hybridized carbons (Fsp3) is 0.400. The Bertz CT molecular complexity index is 603. The van der Waals surface area contributed by atoms with E-state index >= 15 is 0 Å². The largest absolute Gasteiger partial charge is 0.326 e. The van der Waals surface area contributed by atoms with Crippen LogP contribution >= 0.6 is 23.2 Å². The highest BCUT2D eigenvalue weighted by Crippen LogP contribution is 2.32. The number of imidazole rings is 1. The van der Waals surface area contributed by atoms with Gasteiger partial charge in [-0.2, -0.15) is 0 Å². The minimum Gasteiger partial charge on any atom is -0.326 e. The maximum atomic E-state index is 6.32. The normalized spacial score (nSPS) is 20.2. The third kappa shape index (κ3) is 2.58. The van der Waals surface area contributed by atoms with Crippen LogP contribution in [0.3, 0.4) is 0 Å². The van der Waals surface area contributed by atoms with Crippen LogP contribution in [-0.2, 0) is 0 Å². The van der Waals surface area contributed by atoms with Crippen LogP contribution in [0.4, 0.5) is 0 Å². The quantitative estimate of drug-likeness (QED) is 0.919. The van der Waals surface area contributed by atoms with Gasteiger partial charge in [0.05, 0.1) is 18.1 Å². The van der Waals surface area contributed by atoms with Crippen molar-refractivity contribution in [3.63, 3.8) is 0 Å². The first kappa shape index (κ1) is 13.9. The number of hydrogen-bond donors (Lipinski definition) is 1. The van der Waals surface area contributed by atoms with Gasteiger partial charge in [-0.3, -0.25) is 0 Å². The van der Waals surface area contributed by atoms with Gasteiger partial charge in [-0.25, -0.2) is 4.98 Å². The van der Waals surface area contributed by atoms with Crippen LogP contribution < -0.4 is 5.32 Å². The molecule has 3 rings (SSSR count). The van der Waals surface area contributed by atoms with Gasteiger partial charge in [-0.05, 0) is 44.0 Å². The van der Waals surface area contributed by atoms with Gasteiger partial charge in [0.2, 0.25) is 0 Å². The fourth-order valence-electron chi connectivity index (χ4n) is 2.84. The van der Waals surface area contributed by atoms with E-state index in [0.717, 1.165) is 18.5 Å². The van der Waals surface area contributed by atoms with Crippen molar-refractivity contribution in [2.24, 2.45) is 0 Å². The molecule has 1 fully saturated rings. The Morgan fingerprint density at radius 3 is 2.95 bits per heavy atom. The molecule has 0 saturated carbocycles. The Kier molecular flexibility index (Phi) is 4.01. The molecule has 1 aromatic heterocycles. The van der Waals surface area contributed by atoms with Crippen molar-refractivity contribution in [2.75, 3.05) is 6.54 Å². The van der Waals surface area contributed by atoms with Gasteiger partial charge in [0.1, 0.15) is 0 Å². The minimum absolute atomic E-state index is 0.139. The Labute approximate surface area is 128 Å². The van der Waals surface area contributed by atoms with Crippen molar-refractivity contribution in [1.82, 2.24) is 14.9 Å². The third-order valence-corrected chi connectivity index (χ3v) is 4.51. The summed E-state index contributed by atoms with van der Waals surface area (Å²) in [5, 5.41) is 4.87. The second-order valence-electron chi connectivity index (χ2n) is 5.22. The molecule has 2 heterocycles. The molecule has 1 N–H and O–H groups in total. The molecule has 0 bridgehead atoms. The molecule has 1 saturated heterocycles. The molecular formula is C15H17Cl2N3. The van der Waals surface area contributed by atoms with Crippen LogP contribution in [0.5, 0.6) is 0 Å². The lowest BCUT2D eigenvalue weighted by Gasteiger charge is -2.21. The Morgan fingerprint density at radius 1 is 1.40 bits per heavy atom. The van der Waals surface area contributed by atoms with Gasteiger partial charge in [0, 0.05) is 22.3 Å². The summed E-state index contributed by atoms with van der Waals surface area (Å²) in [7, 11) is 0. The lowest BCUT2D eigenvalue weighted by atomic mass is 10.1. The third-order valence-electron chi connectivity index (χ3n) is 3.94. The first-order valence-electron chi connectivity index (χ1n) is 6.87. The van der Waals surface area contributed by atoms with Crippen LogP contribution in [0.25, 0.3) is 0 Å². The zero-order valence-electron chi connectivity index (χ0n) is 11.3. The van der Waals surface area contributed by atoms with Crippen molar-refractivity contribution < 1.29 is 0 Å². The van der Waals surface area contributed by atoms with Gasteiger partial charge in [0.25, 0.3) is 0 Å². The van der Waals surface area contributed by atoms with Crippen molar-refractivity contribution in [2.45, 2.75) is 31.8 Å². The number of aromatic nitrogens is 2. The molecule has 1 unspecified atom stereocenters. The van der Waals surface area contributed by atoms with E-state index in [0.29, 0.717) is 16.1 Å². The van der Waals surface area contributed by atoms with E-state index in [9.17, 15) is 0 Å². The molecule has 0 spiro atoms. The van der Waals surface area contributed by atoms with Crippen molar-refractivity contribution in [3.8, 4) is 0 Å². The minimum atomic E-state index is 0.139. The number of nitrogens with one attached hydrogen (secondary N) is 1. The summed E-state index contributed by atoms with van der Waals surface area (Å²) >= 11 is 12.3. The topological polar surface area (TPSA) is 29.9 Å². The monoisotopic (exact) mass is 309 g/mol. The highest BCUT2D eigenvalue weighted by molar-refractivity contribution is 6.35. The Morgan fingerprint density at radius 2 is 2.25 bits per heavy atom. The molecule has 1 aliphatic heterocycles. The Balaban J connectivity index is 1.94. The zero-order valence-corrected chi connectivity index (χ0v) is 12.8. The van der Waals surface area contributed by atoms with E-state index in [4.69, 9.17) is 23.2 Å². The summed E-state index contributed by atoms with van der Waals surface area (Å²) in [6, 6.07) is 6.19. The number of nitrogens with zero attached hydrogens (tertiary/aromatic N) is 2. The molecule has 0 aliphatic carbocycles. The van der Waals surface area contributed by atoms with E-state index in [2.05, 4.69) is 21.8 Å². The van der Waals surface area contributed by atoms with Gasteiger partial charge in [-0.15, -0.1) is 0 Å². The van der Waals surface area contributed by atoms with Crippen LogP contribution in [0.15, 0.2) is 30.7 Å². The van der Waals surface area contributed by atoms with Gasteiger partial charge >= 0.3 is 0 Å². The van der Waals surface area contributed by atoms with Crippen LogP contribution in [0, 0.1) is 0 Å². The van der Waals surface area contributed by atoms with Crippen molar-refractivity contribution >= 4 is 23.2 Å². The number of hydrogen-bond acceptors (Lipinski definition) is 2. The molecule has 2 atom stereocenters. The molecular weight excluding hydrogens is 293 g/mol. The molecule has 5 heteroatoms. The maximum absolute atomic E-state index is 6.32. The molecule has 106 valence electrons. The van der Waals surface area contributed by atoms with Crippen LogP contribution in [0.2, 0.25) is 10.0 Å². The summed E-state index contributed by atoms with van der Waals surface area (Å²) in [6.45, 7) is 3.21. The van der Waals surface area contributed by atoms with E-state index in [1.807, 2.05) is 24.7 Å². The molecule has 20 heavy (non-hydrogen) atoms. The second-order valence-corrected chi connectivity index (χ2v) is 6.06. The van der Waals surface area contributed by atoms with Crippen molar-refractivity contribution in [3.05, 3.63) is 52.0 Å². The molecule has 0 radical (unpaired) electrons. The fourth-order valence-corrected chi connectivity index (χ4v) is 3.40. The molecule has 0 amide bonds. The maximum Gasteiger partial charge on any atom is 0.0954 e. The molecule has 1 aliphatic rings. The summed E-state index contributed by atoms with van der Waals surface area (Å²) in [6.07, 6.45) is 6.20. The van der Waals surface area contributed by atoms with Gasteiger partial charge in [0.15, 0.2) is 0 Å². The number of halogens is 2. The average molecular weight is 310 g/mol.